The number of rotatable bonds is 6. The molecule has 2 heterocycles. The Bertz CT molecular complexity index is 1180. The largest absolute Gasteiger partial charge is 0.457 e. The minimum absolute atomic E-state index is 0.170. The lowest BCUT2D eigenvalue weighted by Gasteiger charge is -2.09. The summed E-state index contributed by atoms with van der Waals surface area (Å²) in [7, 11) is 0. The maximum atomic E-state index is 13.0. The Morgan fingerprint density at radius 1 is 1.03 bits per heavy atom. The topological polar surface area (TPSA) is 55.6 Å². The predicted octanol–water partition coefficient (Wildman–Crippen LogP) is 5.07. The molecule has 0 aliphatic carbocycles. The van der Waals surface area contributed by atoms with Gasteiger partial charge in [0.25, 0.3) is 5.91 Å². The first-order chi connectivity index (χ1) is 14.5. The molecular formula is C24H22FN3O2. The summed E-state index contributed by atoms with van der Waals surface area (Å²) in [5.74, 6) is 0.726. The molecule has 0 saturated heterocycles. The molecule has 0 spiro atoms. The third kappa shape index (κ3) is 4.17. The third-order valence-electron chi connectivity index (χ3n) is 4.91. The second-order valence-corrected chi connectivity index (χ2v) is 7.05. The number of aromatic nitrogens is 2. The van der Waals surface area contributed by atoms with Gasteiger partial charge in [0.05, 0.1) is 5.69 Å². The molecule has 2 aromatic heterocycles. The van der Waals surface area contributed by atoms with Crippen molar-refractivity contribution in [2.24, 2.45) is 0 Å². The van der Waals surface area contributed by atoms with Gasteiger partial charge in [-0.2, -0.15) is 0 Å². The van der Waals surface area contributed by atoms with Crippen molar-refractivity contribution in [2.45, 2.75) is 26.8 Å². The first-order valence-electron chi connectivity index (χ1n) is 9.81. The van der Waals surface area contributed by atoms with Crippen molar-refractivity contribution in [3.63, 3.8) is 0 Å². The number of fused-ring (bicyclic) bond motifs is 1. The number of imidazole rings is 1. The van der Waals surface area contributed by atoms with E-state index in [1.165, 1.54) is 17.7 Å². The number of nitrogens with one attached hydrogen (secondary N) is 1. The van der Waals surface area contributed by atoms with Crippen LogP contribution in [0.15, 0.2) is 66.9 Å². The van der Waals surface area contributed by atoms with Crippen LogP contribution in [0.1, 0.15) is 34.2 Å². The van der Waals surface area contributed by atoms with Crippen molar-refractivity contribution in [1.82, 2.24) is 14.7 Å². The number of aryl methyl sites for hydroxylation is 2. The van der Waals surface area contributed by atoms with Crippen LogP contribution in [0, 0.1) is 12.7 Å². The number of benzene rings is 2. The van der Waals surface area contributed by atoms with Gasteiger partial charge in [0.15, 0.2) is 0 Å². The van der Waals surface area contributed by atoms with E-state index in [4.69, 9.17) is 4.74 Å². The Labute approximate surface area is 174 Å². The van der Waals surface area contributed by atoms with E-state index in [9.17, 15) is 9.18 Å². The Kier molecular flexibility index (Phi) is 5.48. The van der Waals surface area contributed by atoms with Crippen LogP contribution in [0.2, 0.25) is 0 Å². The average molecular weight is 403 g/mol. The van der Waals surface area contributed by atoms with Gasteiger partial charge >= 0.3 is 0 Å². The van der Waals surface area contributed by atoms with Crippen LogP contribution in [0.3, 0.4) is 0 Å². The molecule has 0 fully saturated rings. The summed E-state index contributed by atoms with van der Waals surface area (Å²) in [5, 5.41) is 2.96. The smallest absolute Gasteiger partial charge is 0.270 e. The molecule has 0 atom stereocenters. The molecule has 0 unspecified atom stereocenters. The first-order valence-corrected chi connectivity index (χ1v) is 9.81. The van der Waals surface area contributed by atoms with E-state index >= 15 is 0 Å². The summed E-state index contributed by atoms with van der Waals surface area (Å²) in [6.07, 6.45) is 2.81. The number of halogens is 1. The molecular weight excluding hydrogens is 381 g/mol. The van der Waals surface area contributed by atoms with E-state index in [2.05, 4.69) is 17.2 Å². The van der Waals surface area contributed by atoms with Crippen LogP contribution in [0.4, 0.5) is 4.39 Å². The lowest BCUT2D eigenvalue weighted by atomic mass is 10.2. The number of carbonyl (C=O) groups excluding carboxylic acids is 1. The number of hydrogen-bond donors (Lipinski definition) is 1. The summed E-state index contributed by atoms with van der Waals surface area (Å²) >= 11 is 0. The van der Waals surface area contributed by atoms with Gasteiger partial charge in [0.2, 0.25) is 0 Å². The fourth-order valence-electron chi connectivity index (χ4n) is 3.28. The molecule has 0 aliphatic heterocycles. The van der Waals surface area contributed by atoms with Crippen molar-refractivity contribution < 1.29 is 13.9 Å². The molecule has 0 bridgehead atoms. The highest BCUT2D eigenvalue weighted by Gasteiger charge is 2.16. The SMILES string of the molecule is CCc1ccn2c(C(=O)NCc3ccc(Oc4ccc(F)cc4)cc3)c(C)nc2c1. The number of nitrogens with zero attached hydrogens (tertiary/aromatic N) is 2. The number of amides is 1. The van der Waals surface area contributed by atoms with E-state index in [0.29, 0.717) is 29.4 Å². The second-order valence-electron chi connectivity index (χ2n) is 7.05. The third-order valence-corrected chi connectivity index (χ3v) is 4.91. The van der Waals surface area contributed by atoms with Gasteiger partial charge in [-0.15, -0.1) is 0 Å². The maximum Gasteiger partial charge on any atom is 0.270 e. The highest BCUT2D eigenvalue weighted by molar-refractivity contribution is 5.94. The van der Waals surface area contributed by atoms with Gasteiger partial charge in [0.1, 0.15) is 28.7 Å². The quantitative estimate of drug-likeness (QED) is 0.489. The molecule has 6 heteroatoms. The van der Waals surface area contributed by atoms with Gasteiger partial charge < -0.3 is 10.1 Å². The highest BCUT2D eigenvalue weighted by atomic mass is 19.1. The fourth-order valence-corrected chi connectivity index (χ4v) is 3.28. The van der Waals surface area contributed by atoms with Crippen molar-refractivity contribution in [3.05, 3.63) is 95.2 Å². The van der Waals surface area contributed by atoms with E-state index in [1.54, 1.807) is 12.1 Å². The van der Waals surface area contributed by atoms with E-state index < -0.39 is 0 Å². The van der Waals surface area contributed by atoms with Crippen LogP contribution in [-0.4, -0.2) is 15.3 Å². The van der Waals surface area contributed by atoms with Gasteiger partial charge in [-0.25, -0.2) is 9.37 Å². The lowest BCUT2D eigenvalue weighted by Crippen LogP contribution is -2.25. The minimum Gasteiger partial charge on any atom is -0.457 e. The van der Waals surface area contributed by atoms with Crippen molar-refractivity contribution in [3.8, 4) is 11.5 Å². The summed E-state index contributed by atoms with van der Waals surface area (Å²) < 4.78 is 20.5. The standard InChI is InChI=1S/C24H22FN3O2/c1-3-17-12-13-28-22(14-17)27-16(2)23(28)24(29)26-15-18-4-8-20(9-5-18)30-21-10-6-19(25)7-11-21/h4-14H,3,15H2,1-2H3,(H,26,29). The molecule has 0 radical (unpaired) electrons. The molecule has 30 heavy (non-hydrogen) atoms. The Morgan fingerprint density at radius 3 is 2.37 bits per heavy atom. The minimum atomic E-state index is -0.305. The zero-order valence-corrected chi connectivity index (χ0v) is 16.9. The summed E-state index contributed by atoms with van der Waals surface area (Å²) in [5.41, 5.74) is 4.14. The van der Waals surface area contributed by atoms with E-state index in [1.807, 2.05) is 53.9 Å². The van der Waals surface area contributed by atoms with Crippen LogP contribution in [0.5, 0.6) is 11.5 Å². The molecule has 1 amide bonds. The molecule has 0 aliphatic rings. The number of hydrogen-bond acceptors (Lipinski definition) is 3. The van der Waals surface area contributed by atoms with Crippen LogP contribution >= 0.6 is 0 Å². The van der Waals surface area contributed by atoms with Gasteiger partial charge in [-0.3, -0.25) is 9.20 Å². The summed E-state index contributed by atoms with van der Waals surface area (Å²) in [4.78, 5) is 17.3. The van der Waals surface area contributed by atoms with Crippen LogP contribution < -0.4 is 10.1 Å². The zero-order chi connectivity index (χ0) is 21.1. The van der Waals surface area contributed by atoms with E-state index in [0.717, 1.165) is 17.6 Å². The highest BCUT2D eigenvalue weighted by Crippen LogP contribution is 2.22. The molecule has 4 aromatic rings. The Hall–Kier alpha value is -3.67. The first kappa shape index (κ1) is 19.6. The number of carbonyl (C=O) groups is 1. The molecule has 5 nitrogen and oxygen atoms in total. The Morgan fingerprint density at radius 2 is 1.70 bits per heavy atom. The second kappa shape index (κ2) is 8.37. The monoisotopic (exact) mass is 403 g/mol. The maximum absolute atomic E-state index is 13.0. The van der Waals surface area contributed by atoms with Gasteiger partial charge in [-0.1, -0.05) is 19.1 Å². The van der Waals surface area contributed by atoms with Crippen molar-refractivity contribution >= 4 is 11.6 Å². The summed E-state index contributed by atoms with van der Waals surface area (Å²) in [6.45, 7) is 4.32. The predicted molar refractivity (Wildman–Crippen MR) is 113 cm³/mol. The van der Waals surface area contributed by atoms with Crippen molar-refractivity contribution in [2.75, 3.05) is 0 Å². The average Bonchev–Trinajstić information content (AvgIpc) is 3.09. The molecule has 152 valence electrons. The normalized spacial score (nSPS) is 10.9. The lowest BCUT2D eigenvalue weighted by molar-refractivity contribution is 0.0944. The van der Waals surface area contributed by atoms with Gasteiger partial charge in [0, 0.05) is 12.7 Å². The number of pyridine rings is 1. The molecule has 1 N–H and O–H groups in total. The van der Waals surface area contributed by atoms with Crippen LogP contribution in [0.25, 0.3) is 5.65 Å². The van der Waals surface area contributed by atoms with Crippen LogP contribution in [-0.2, 0) is 13.0 Å². The molecule has 4 rings (SSSR count). The Balaban J connectivity index is 1.42. The molecule has 2 aromatic carbocycles. The zero-order valence-electron chi connectivity index (χ0n) is 16.9. The number of ether oxygens (including phenoxy) is 1. The summed E-state index contributed by atoms with van der Waals surface area (Å²) in [6, 6.07) is 17.3. The molecule has 0 saturated carbocycles. The fraction of sp³-hybridized carbons (Fsp3) is 0.167. The van der Waals surface area contributed by atoms with Crippen molar-refractivity contribution in [1.29, 1.82) is 0 Å². The van der Waals surface area contributed by atoms with Gasteiger partial charge in [-0.05, 0) is 73.0 Å². The van der Waals surface area contributed by atoms with E-state index in [-0.39, 0.29) is 11.7 Å².